The molecule has 0 spiro atoms. The summed E-state index contributed by atoms with van der Waals surface area (Å²) < 4.78 is 22.1. The Morgan fingerprint density at radius 3 is 2.58 bits per heavy atom. The normalized spacial score (nSPS) is 12.8. The first-order chi connectivity index (χ1) is 12.6. The van der Waals surface area contributed by atoms with Gasteiger partial charge < -0.3 is 23.7 Å². The molecule has 1 aliphatic rings. The Kier molecular flexibility index (Phi) is 3.06. The molecule has 26 heavy (non-hydrogen) atoms. The van der Waals surface area contributed by atoms with Crippen molar-refractivity contribution in [1.29, 1.82) is 0 Å². The van der Waals surface area contributed by atoms with E-state index in [0.29, 0.717) is 22.8 Å². The molecule has 130 valence electrons. The number of hydrogen-bond acceptors (Lipinski definition) is 5. The molecule has 0 saturated carbocycles. The molecule has 3 aromatic carbocycles. The zero-order valence-corrected chi connectivity index (χ0v) is 14.3. The third-order valence-electron chi connectivity index (χ3n) is 4.73. The number of fused-ring (bicyclic) bond motifs is 3. The van der Waals surface area contributed by atoms with Crippen LogP contribution < -0.4 is 14.2 Å². The highest BCUT2D eigenvalue weighted by molar-refractivity contribution is 6.01. The third-order valence-corrected chi connectivity index (χ3v) is 4.73. The molecule has 0 radical (unpaired) electrons. The fourth-order valence-electron chi connectivity index (χ4n) is 3.52. The van der Waals surface area contributed by atoms with Crippen LogP contribution in [-0.4, -0.2) is 19.0 Å². The van der Waals surface area contributed by atoms with Gasteiger partial charge in [0.15, 0.2) is 22.8 Å². The van der Waals surface area contributed by atoms with Crippen LogP contribution in [0.5, 0.6) is 23.0 Å². The number of phenolic OH excluding ortho intramolecular Hbond substituents is 1. The highest BCUT2D eigenvalue weighted by Crippen LogP contribution is 2.43. The fourth-order valence-corrected chi connectivity index (χ4v) is 3.52. The molecule has 1 N–H and O–H groups in total. The third kappa shape index (κ3) is 2.10. The van der Waals surface area contributed by atoms with Crippen LogP contribution in [0.25, 0.3) is 32.9 Å². The van der Waals surface area contributed by atoms with Gasteiger partial charge in [0.05, 0.1) is 7.11 Å². The van der Waals surface area contributed by atoms with Crippen molar-refractivity contribution in [1.82, 2.24) is 0 Å². The van der Waals surface area contributed by atoms with Crippen molar-refractivity contribution in [3.05, 3.63) is 48.2 Å². The summed E-state index contributed by atoms with van der Waals surface area (Å²) in [7, 11) is 1.62. The first-order valence-electron chi connectivity index (χ1n) is 8.28. The van der Waals surface area contributed by atoms with E-state index in [9.17, 15) is 5.11 Å². The molecular weight excluding hydrogens is 332 g/mol. The highest BCUT2D eigenvalue weighted by Gasteiger charge is 2.18. The van der Waals surface area contributed by atoms with Gasteiger partial charge in [-0.1, -0.05) is 0 Å². The van der Waals surface area contributed by atoms with E-state index in [1.54, 1.807) is 13.2 Å². The number of rotatable bonds is 2. The summed E-state index contributed by atoms with van der Waals surface area (Å²) >= 11 is 0. The molecule has 5 nitrogen and oxygen atoms in total. The maximum Gasteiger partial charge on any atom is 0.231 e. The molecule has 1 aliphatic heterocycles. The topological polar surface area (TPSA) is 61.1 Å². The van der Waals surface area contributed by atoms with Gasteiger partial charge in [0.1, 0.15) is 11.5 Å². The van der Waals surface area contributed by atoms with Crippen molar-refractivity contribution in [3.63, 3.8) is 0 Å². The van der Waals surface area contributed by atoms with Crippen LogP contribution in [0.3, 0.4) is 0 Å². The van der Waals surface area contributed by atoms with Crippen LogP contribution in [0.2, 0.25) is 0 Å². The predicted octanol–water partition coefficient (Wildman–Crippen LogP) is 5.00. The molecule has 0 amide bonds. The summed E-state index contributed by atoms with van der Waals surface area (Å²) in [6, 6.07) is 13.3. The van der Waals surface area contributed by atoms with E-state index in [1.165, 1.54) is 0 Å². The van der Waals surface area contributed by atoms with Crippen LogP contribution in [0, 0.1) is 6.92 Å². The van der Waals surface area contributed by atoms with Crippen molar-refractivity contribution in [2.75, 3.05) is 13.9 Å². The molecule has 0 saturated heterocycles. The lowest BCUT2D eigenvalue weighted by Crippen LogP contribution is -1.92. The van der Waals surface area contributed by atoms with Crippen LogP contribution in [0.4, 0.5) is 0 Å². The van der Waals surface area contributed by atoms with E-state index < -0.39 is 0 Å². The number of hydrogen-bond donors (Lipinski definition) is 1. The van der Waals surface area contributed by atoms with Crippen LogP contribution in [0.15, 0.2) is 46.9 Å². The standard InChI is InChI=1S/C21H16O5/c1-11-5-16-14(3-4-18(23-2)21(16)26-11)12-6-13-8-19-20(25-10-24-19)9-15(13)17(22)7-12/h3-9,22H,10H2,1-2H3. The number of aryl methyl sites for hydroxylation is 1. The molecule has 0 atom stereocenters. The monoisotopic (exact) mass is 348 g/mol. The van der Waals surface area contributed by atoms with Crippen LogP contribution in [-0.2, 0) is 0 Å². The summed E-state index contributed by atoms with van der Waals surface area (Å²) in [6.07, 6.45) is 0. The van der Waals surface area contributed by atoms with Gasteiger partial charge in [0, 0.05) is 10.8 Å². The Morgan fingerprint density at radius 1 is 0.962 bits per heavy atom. The maximum absolute atomic E-state index is 10.6. The highest BCUT2D eigenvalue weighted by atomic mass is 16.7. The van der Waals surface area contributed by atoms with Crippen LogP contribution >= 0.6 is 0 Å². The summed E-state index contributed by atoms with van der Waals surface area (Å²) in [5.74, 6) is 3.02. The minimum absolute atomic E-state index is 0.194. The Morgan fingerprint density at radius 2 is 1.77 bits per heavy atom. The molecule has 2 heterocycles. The van der Waals surface area contributed by atoms with Crippen molar-refractivity contribution < 1.29 is 23.7 Å². The second kappa shape index (κ2) is 5.33. The zero-order chi connectivity index (χ0) is 17.8. The maximum atomic E-state index is 10.6. The zero-order valence-electron chi connectivity index (χ0n) is 14.3. The van der Waals surface area contributed by atoms with Gasteiger partial charge in [-0.25, -0.2) is 0 Å². The molecule has 1 aromatic heterocycles. The summed E-state index contributed by atoms with van der Waals surface area (Å²) in [5.41, 5.74) is 2.56. The Balaban J connectivity index is 1.77. The molecule has 5 rings (SSSR count). The number of ether oxygens (including phenoxy) is 3. The average molecular weight is 348 g/mol. The number of methoxy groups -OCH3 is 1. The predicted molar refractivity (Wildman–Crippen MR) is 98.2 cm³/mol. The smallest absolute Gasteiger partial charge is 0.231 e. The van der Waals surface area contributed by atoms with Gasteiger partial charge >= 0.3 is 0 Å². The molecular formula is C21H16O5. The molecule has 5 heteroatoms. The first-order valence-corrected chi connectivity index (χ1v) is 8.28. The van der Waals surface area contributed by atoms with Gasteiger partial charge in [-0.15, -0.1) is 0 Å². The largest absolute Gasteiger partial charge is 0.507 e. The number of benzene rings is 3. The average Bonchev–Trinajstić information content (AvgIpc) is 3.24. The second-order valence-corrected chi connectivity index (χ2v) is 6.34. The van der Waals surface area contributed by atoms with Crippen molar-refractivity contribution in [2.24, 2.45) is 0 Å². The minimum Gasteiger partial charge on any atom is -0.507 e. The van der Waals surface area contributed by atoms with Crippen LogP contribution in [0.1, 0.15) is 5.76 Å². The van der Waals surface area contributed by atoms with E-state index in [4.69, 9.17) is 18.6 Å². The fraction of sp³-hybridized carbons (Fsp3) is 0.143. The lowest BCUT2D eigenvalue weighted by molar-refractivity contribution is 0.174. The number of aromatic hydroxyl groups is 1. The molecule has 4 aromatic rings. The first kappa shape index (κ1) is 15.0. The van der Waals surface area contributed by atoms with Gasteiger partial charge in [-0.2, -0.15) is 0 Å². The van der Waals surface area contributed by atoms with Crippen molar-refractivity contribution in [2.45, 2.75) is 6.92 Å². The number of furan rings is 1. The van der Waals surface area contributed by atoms with Gasteiger partial charge in [0.2, 0.25) is 6.79 Å². The van der Waals surface area contributed by atoms with Crippen molar-refractivity contribution in [3.8, 4) is 34.1 Å². The molecule has 0 aliphatic carbocycles. The van der Waals surface area contributed by atoms with Gasteiger partial charge in [0.25, 0.3) is 0 Å². The summed E-state index contributed by atoms with van der Waals surface area (Å²) in [5, 5.41) is 13.1. The second-order valence-electron chi connectivity index (χ2n) is 6.34. The SMILES string of the molecule is COc1ccc(-c2cc(O)c3cc4c(cc3c2)OCO4)c2cc(C)oc12. The van der Waals surface area contributed by atoms with Crippen molar-refractivity contribution >= 4 is 21.7 Å². The molecule has 0 fully saturated rings. The summed E-state index contributed by atoms with van der Waals surface area (Å²) in [4.78, 5) is 0. The lowest BCUT2D eigenvalue weighted by atomic mass is 9.97. The van der Waals surface area contributed by atoms with E-state index in [0.717, 1.165) is 33.0 Å². The quantitative estimate of drug-likeness (QED) is 0.552. The molecule has 0 unspecified atom stereocenters. The van der Waals surface area contributed by atoms with Gasteiger partial charge in [-0.05, 0) is 65.9 Å². The molecule has 0 bridgehead atoms. The Hall–Kier alpha value is -3.34. The van der Waals surface area contributed by atoms with Gasteiger partial charge in [-0.3, -0.25) is 0 Å². The van der Waals surface area contributed by atoms with E-state index in [1.807, 2.05) is 43.3 Å². The summed E-state index contributed by atoms with van der Waals surface area (Å²) in [6.45, 7) is 2.11. The Labute approximate surface area is 149 Å². The van der Waals surface area contributed by atoms with E-state index in [-0.39, 0.29) is 12.5 Å². The minimum atomic E-state index is 0.194. The van der Waals surface area contributed by atoms with E-state index >= 15 is 0 Å². The Bertz CT molecular complexity index is 1170. The number of phenols is 1. The lowest BCUT2D eigenvalue weighted by Gasteiger charge is -2.10. The van der Waals surface area contributed by atoms with E-state index in [2.05, 4.69) is 0 Å².